The largest absolute Gasteiger partial charge is 0.493 e. The zero-order valence-electron chi connectivity index (χ0n) is 8.14. The highest BCUT2D eigenvalue weighted by Crippen LogP contribution is 2.14. The van der Waals surface area contributed by atoms with Gasteiger partial charge in [0.05, 0.1) is 12.3 Å². The minimum atomic E-state index is 0.682. The van der Waals surface area contributed by atoms with E-state index < -0.39 is 0 Å². The van der Waals surface area contributed by atoms with Crippen molar-refractivity contribution < 1.29 is 4.74 Å². The fraction of sp³-hybridized carbons (Fsp3) is 0.182. The van der Waals surface area contributed by atoms with Crippen molar-refractivity contribution in [3.63, 3.8) is 0 Å². The molecule has 1 aromatic heterocycles. The fourth-order valence-electron chi connectivity index (χ4n) is 1.27. The van der Waals surface area contributed by atoms with Crippen LogP contribution in [0.3, 0.4) is 0 Å². The van der Waals surface area contributed by atoms with Crippen LogP contribution in [0.5, 0.6) is 5.75 Å². The third kappa shape index (κ3) is 2.59. The van der Waals surface area contributed by atoms with Gasteiger partial charge < -0.3 is 4.74 Å². The van der Waals surface area contributed by atoms with Crippen molar-refractivity contribution >= 4 is 15.9 Å². The summed E-state index contributed by atoms with van der Waals surface area (Å²) in [7, 11) is 0. The summed E-state index contributed by atoms with van der Waals surface area (Å²) < 4.78 is 7.26. The molecule has 2 rings (SSSR count). The van der Waals surface area contributed by atoms with Crippen molar-refractivity contribution in [2.24, 2.45) is 0 Å². The molecule has 0 saturated carbocycles. The van der Waals surface area contributed by atoms with Crippen molar-refractivity contribution in [1.29, 1.82) is 0 Å². The van der Waals surface area contributed by atoms with Gasteiger partial charge in [0, 0.05) is 17.7 Å². The number of nitrogens with zero attached hydrogens (tertiary/aromatic N) is 2. The zero-order valence-corrected chi connectivity index (χ0v) is 9.72. The molecule has 0 radical (unpaired) electrons. The molecule has 0 atom stereocenters. The first-order chi connectivity index (χ1) is 7.40. The van der Waals surface area contributed by atoms with Crippen LogP contribution in [-0.4, -0.2) is 21.7 Å². The number of rotatable bonds is 4. The number of ether oxygens (including phenoxy) is 1. The number of hydrogen-bond donors (Lipinski definition) is 0. The van der Waals surface area contributed by atoms with Crippen LogP contribution in [0.1, 0.15) is 0 Å². The van der Waals surface area contributed by atoms with Gasteiger partial charge >= 0.3 is 0 Å². The first kappa shape index (κ1) is 10.2. The minimum absolute atomic E-state index is 0.682. The average Bonchev–Trinajstić information content (AvgIpc) is 2.80. The molecular weight excluding hydrogens is 256 g/mol. The van der Waals surface area contributed by atoms with Crippen LogP contribution in [0.4, 0.5) is 0 Å². The summed E-state index contributed by atoms with van der Waals surface area (Å²) in [6.07, 6.45) is 3.67. The molecule has 0 amide bonds. The maximum absolute atomic E-state index is 5.45. The van der Waals surface area contributed by atoms with Gasteiger partial charge in [-0.15, -0.1) is 0 Å². The first-order valence-electron chi connectivity index (χ1n) is 4.69. The standard InChI is InChI=1S/C11H11BrN2O/c12-6-9-15-11-4-2-10(3-5-11)14-8-1-7-13-14/h1-5,7-8H,6,9H2. The van der Waals surface area contributed by atoms with Crippen LogP contribution in [0.2, 0.25) is 0 Å². The predicted octanol–water partition coefficient (Wildman–Crippen LogP) is 2.65. The van der Waals surface area contributed by atoms with E-state index in [1.165, 1.54) is 0 Å². The van der Waals surface area contributed by atoms with Crippen LogP contribution < -0.4 is 4.74 Å². The van der Waals surface area contributed by atoms with Gasteiger partial charge in [-0.25, -0.2) is 4.68 Å². The van der Waals surface area contributed by atoms with E-state index in [1.807, 2.05) is 41.2 Å². The Kier molecular flexibility index (Phi) is 3.40. The van der Waals surface area contributed by atoms with Gasteiger partial charge in [-0.1, -0.05) is 15.9 Å². The number of alkyl halides is 1. The Morgan fingerprint density at radius 2 is 2.07 bits per heavy atom. The topological polar surface area (TPSA) is 27.1 Å². The SMILES string of the molecule is BrCCOc1ccc(-n2cccn2)cc1. The lowest BCUT2D eigenvalue weighted by atomic mass is 10.3. The lowest BCUT2D eigenvalue weighted by Gasteiger charge is -2.05. The van der Waals surface area contributed by atoms with Gasteiger partial charge in [0.2, 0.25) is 0 Å². The van der Waals surface area contributed by atoms with Gasteiger partial charge in [-0.3, -0.25) is 0 Å². The van der Waals surface area contributed by atoms with Crippen LogP contribution in [0, 0.1) is 0 Å². The smallest absolute Gasteiger partial charge is 0.119 e. The summed E-state index contributed by atoms with van der Waals surface area (Å²) in [6.45, 7) is 0.682. The second kappa shape index (κ2) is 4.98. The van der Waals surface area contributed by atoms with Gasteiger partial charge in [-0.05, 0) is 30.3 Å². The van der Waals surface area contributed by atoms with Crippen LogP contribution in [0.25, 0.3) is 5.69 Å². The van der Waals surface area contributed by atoms with Gasteiger partial charge in [0.1, 0.15) is 5.75 Å². The Morgan fingerprint density at radius 1 is 1.27 bits per heavy atom. The number of hydrogen-bond acceptors (Lipinski definition) is 2. The molecule has 78 valence electrons. The Hall–Kier alpha value is -1.29. The summed E-state index contributed by atoms with van der Waals surface area (Å²) in [5, 5.41) is 4.99. The molecule has 3 nitrogen and oxygen atoms in total. The van der Waals surface area contributed by atoms with E-state index in [1.54, 1.807) is 6.20 Å². The molecule has 0 fully saturated rings. The Bertz CT molecular complexity index is 397. The Labute approximate surface area is 96.8 Å². The monoisotopic (exact) mass is 266 g/mol. The third-order valence-electron chi connectivity index (χ3n) is 1.95. The van der Waals surface area contributed by atoms with Gasteiger partial charge in [0.25, 0.3) is 0 Å². The molecule has 0 aliphatic rings. The summed E-state index contributed by atoms with van der Waals surface area (Å²) in [5.41, 5.74) is 1.03. The molecule has 15 heavy (non-hydrogen) atoms. The molecule has 0 aliphatic heterocycles. The molecule has 0 saturated heterocycles. The van der Waals surface area contributed by atoms with E-state index in [9.17, 15) is 0 Å². The molecule has 1 heterocycles. The second-order valence-electron chi connectivity index (χ2n) is 2.98. The fourth-order valence-corrected chi connectivity index (χ4v) is 1.43. The first-order valence-corrected chi connectivity index (χ1v) is 5.81. The normalized spacial score (nSPS) is 10.2. The molecule has 0 N–H and O–H groups in total. The van der Waals surface area contributed by atoms with Crippen LogP contribution >= 0.6 is 15.9 Å². The Balaban J connectivity index is 2.11. The molecule has 0 unspecified atom stereocenters. The van der Waals surface area contributed by atoms with Gasteiger partial charge in [-0.2, -0.15) is 5.10 Å². The van der Waals surface area contributed by atoms with E-state index in [0.717, 1.165) is 16.8 Å². The van der Waals surface area contributed by atoms with Crippen molar-refractivity contribution in [3.05, 3.63) is 42.7 Å². The minimum Gasteiger partial charge on any atom is -0.493 e. The molecule has 0 bridgehead atoms. The number of benzene rings is 1. The van der Waals surface area contributed by atoms with E-state index in [-0.39, 0.29) is 0 Å². The third-order valence-corrected chi connectivity index (χ3v) is 2.28. The van der Waals surface area contributed by atoms with E-state index in [0.29, 0.717) is 6.61 Å². The summed E-state index contributed by atoms with van der Waals surface area (Å²) in [6, 6.07) is 9.75. The lowest BCUT2D eigenvalue weighted by molar-refractivity contribution is 0.345. The molecule has 1 aromatic carbocycles. The predicted molar refractivity (Wildman–Crippen MR) is 62.9 cm³/mol. The number of aromatic nitrogens is 2. The number of halogens is 1. The molecule has 0 aliphatic carbocycles. The lowest BCUT2D eigenvalue weighted by Crippen LogP contribution is -1.98. The second-order valence-corrected chi connectivity index (χ2v) is 3.77. The molecular formula is C11H11BrN2O. The average molecular weight is 267 g/mol. The quantitative estimate of drug-likeness (QED) is 0.796. The van der Waals surface area contributed by atoms with Gasteiger partial charge in [0.15, 0.2) is 0 Å². The van der Waals surface area contributed by atoms with Crippen LogP contribution in [0.15, 0.2) is 42.7 Å². The summed E-state index contributed by atoms with van der Waals surface area (Å²) in [5.74, 6) is 0.880. The van der Waals surface area contributed by atoms with E-state index in [2.05, 4.69) is 21.0 Å². The maximum Gasteiger partial charge on any atom is 0.119 e. The zero-order chi connectivity index (χ0) is 10.5. The molecule has 2 aromatic rings. The van der Waals surface area contributed by atoms with Crippen molar-refractivity contribution in [2.75, 3.05) is 11.9 Å². The molecule has 0 spiro atoms. The van der Waals surface area contributed by atoms with Crippen LogP contribution in [-0.2, 0) is 0 Å². The maximum atomic E-state index is 5.45. The van der Waals surface area contributed by atoms with E-state index in [4.69, 9.17) is 4.74 Å². The van der Waals surface area contributed by atoms with Crippen molar-refractivity contribution in [2.45, 2.75) is 0 Å². The summed E-state index contributed by atoms with van der Waals surface area (Å²) >= 11 is 3.31. The van der Waals surface area contributed by atoms with E-state index >= 15 is 0 Å². The molecule has 4 heteroatoms. The van der Waals surface area contributed by atoms with Crippen molar-refractivity contribution in [1.82, 2.24) is 9.78 Å². The van der Waals surface area contributed by atoms with Crippen molar-refractivity contribution in [3.8, 4) is 11.4 Å². The summed E-state index contributed by atoms with van der Waals surface area (Å²) in [4.78, 5) is 0. The highest BCUT2D eigenvalue weighted by atomic mass is 79.9. The Morgan fingerprint density at radius 3 is 2.67 bits per heavy atom. The highest BCUT2D eigenvalue weighted by Gasteiger charge is 1.96. The highest BCUT2D eigenvalue weighted by molar-refractivity contribution is 9.09.